The highest BCUT2D eigenvalue weighted by Crippen LogP contribution is 2.34. The number of hydrogen-bond donors (Lipinski definition) is 2. The number of nitrogens with one attached hydrogen (secondary N) is 1. The molecule has 0 aliphatic carbocycles. The normalized spacial score (nSPS) is 13.4. The lowest BCUT2D eigenvalue weighted by Gasteiger charge is -2.33. The van der Waals surface area contributed by atoms with E-state index in [4.69, 9.17) is 0 Å². The lowest BCUT2D eigenvalue weighted by molar-refractivity contribution is 0.0590. The molecule has 0 aliphatic rings. The number of aryl methyl sites for hydroxylation is 1. The number of nitrogens with zero attached hydrogens (tertiary/aromatic N) is 1. The van der Waals surface area contributed by atoms with Crippen LogP contribution in [-0.4, -0.2) is 37.8 Å². The van der Waals surface area contributed by atoms with E-state index in [2.05, 4.69) is 9.46 Å². The van der Waals surface area contributed by atoms with Crippen LogP contribution in [0.1, 0.15) is 35.9 Å². The fourth-order valence-electron chi connectivity index (χ4n) is 2.63. The van der Waals surface area contributed by atoms with E-state index in [1.165, 1.54) is 23.9 Å². The number of aliphatic hydroxyl groups is 1. The van der Waals surface area contributed by atoms with Gasteiger partial charge in [-0.15, -0.1) is 0 Å². The number of aromatic nitrogens is 1. The van der Waals surface area contributed by atoms with Crippen molar-refractivity contribution in [1.82, 2.24) is 9.29 Å². The van der Waals surface area contributed by atoms with Crippen molar-refractivity contribution in [3.8, 4) is 0 Å². The molecular formula is C18H24N2O5S. The Kier molecular flexibility index (Phi) is 5.90. The van der Waals surface area contributed by atoms with Crippen molar-refractivity contribution < 1.29 is 23.1 Å². The molecule has 1 heterocycles. The summed E-state index contributed by atoms with van der Waals surface area (Å²) in [6, 6.07) is 9.66. The number of sulfonamides is 1. The first kappa shape index (κ1) is 20.2. The first-order valence-electron chi connectivity index (χ1n) is 8.05. The predicted molar refractivity (Wildman–Crippen MR) is 97.1 cm³/mol. The van der Waals surface area contributed by atoms with E-state index in [1.54, 1.807) is 33.0 Å². The van der Waals surface area contributed by atoms with Crippen LogP contribution in [0.3, 0.4) is 0 Å². The van der Waals surface area contributed by atoms with E-state index in [0.29, 0.717) is 0 Å². The third kappa shape index (κ3) is 4.14. The lowest BCUT2D eigenvalue weighted by Crippen LogP contribution is -2.39. The Morgan fingerprint density at radius 3 is 2.46 bits per heavy atom. The molecule has 0 spiro atoms. The van der Waals surface area contributed by atoms with E-state index >= 15 is 0 Å². The van der Waals surface area contributed by atoms with Crippen molar-refractivity contribution in [2.24, 2.45) is 12.5 Å². The molecule has 1 atom stereocenters. The standard InChI is InChI=1S/C18H24N2O5S/c1-18(2,12-21)16(13-8-6-5-7-9-13)19-26(23,24)14-10-15(17(22)25-4)20(3)11-14/h5-11,16,19,21H,12H2,1-4H3. The summed E-state index contributed by atoms with van der Waals surface area (Å²) in [6.45, 7) is 3.34. The maximum atomic E-state index is 12.9. The summed E-state index contributed by atoms with van der Waals surface area (Å²) in [5, 5.41) is 9.75. The highest BCUT2D eigenvalue weighted by atomic mass is 32.2. The topological polar surface area (TPSA) is 97.6 Å². The molecule has 2 N–H and O–H groups in total. The molecule has 1 aromatic heterocycles. The van der Waals surface area contributed by atoms with Gasteiger partial charge in [0.15, 0.2) is 0 Å². The molecule has 0 fully saturated rings. The average molecular weight is 380 g/mol. The number of carbonyl (C=O) groups excluding carboxylic acids is 1. The fourth-order valence-corrected chi connectivity index (χ4v) is 4.09. The van der Waals surface area contributed by atoms with Gasteiger partial charge in [-0.05, 0) is 11.6 Å². The summed E-state index contributed by atoms with van der Waals surface area (Å²) in [6.07, 6.45) is 1.35. The number of methoxy groups -OCH3 is 1. The van der Waals surface area contributed by atoms with Crippen molar-refractivity contribution in [1.29, 1.82) is 0 Å². The number of aliphatic hydroxyl groups excluding tert-OH is 1. The minimum absolute atomic E-state index is 0.0462. The molecule has 2 rings (SSSR count). The van der Waals surface area contributed by atoms with Gasteiger partial charge in [-0.2, -0.15) is 0 Å². The summed E-state index contributed by atoms with van der Waals surface area (Å²) in [4.78, 5) is 11.7. The molecule has 7 nitrogen and oxygen atoms in total. The van der Waals surface area contributed by atoms with Crippen molar-refractivity contribution in [2.45, 2.75) is 24.8 Å². The number of rotatable bonds is 7. The van der Waals surface area contributed by atoms with Crippen LogP contribution in [0.2, 0.25) is 0 Å². The Balaban J connectivity index is 2.43. The number of ether oxygens (including phenoxy) is 1. The van der Waals surface area contributed by atoms with Crippen molar-refractivity contribution >= 4 is 16.0 Å². The van der Waals surface area contributed by atoms with E-state index in [0.717, 1.165) is 5.56 Å². The molecule has 0 radical (unpaired) electrons. The molecule has 142 valence electrons. The highest BCUT2D eigenvalue weighted by molar-refractivity contribution is 7.89. The number of hydrogen-bond acceptors (Lipinski definition) is 5. The monoisotopic (exact) mass is 380 g/mol. The number of benzene rings is 1. The molecule has 2 aromatic rings. The maximum absolute atomic E-state index is 12.9. The van der Waals surface area contributed by atoms with E-state index in [9.17, 15) is 18.3 Å². The third-order valence-electron chi connectivity index (χ3n) is 4.28. The van der Waals surface area contributed by atoms with Crippen LogP contribution < -0.4 is 4.72 Å². The summed E-state index contributed by atoms with van der Waals surface area (Å²) in [5.41, 5.74) is 0.124. The second-order valence-corrected chi connectivity index (χ2v) is 8.49. The van der Waals surface area contributed by atoms with E-state index in [-0.39, 0.29) is 17.2 Å². The Bertz CT molecular complexity index is 872. The summed E-state index contributed by atoms with van der Waals surface area (Å²) >= 11 is 0. The van der Waals surface area contributed by atoms with Crippen LogP contribution in [0.15, 0.2) is 47.5 Å². The van der Waals surface area contributed by atoms with Crippen molar-refractivity contribution in [2.75, 3.05) is 13.7 Å². The summed E-state index contributed by atoms with van der Waals surface area (Å²) in [5.74, 6) is -0.621. The minimum atomic E-state index is -3.93. The van der Waals surface area contributed by atoms with Gasteiger partial charge in [-0.1, -0.05) is 44.2 Å². The molecule has 0 saturated carbocycles. The van der Waals surface area contributed by atoms with Gasteiger partial charge in [0.05, 0.1) is 19.8 Å². The third-order valence-corrected chi connectivity index (χ3v) is 5.67. The van der Waals surface area contributed by atoms with Gasteiger partial charge in [-0.3, -0.25) is 0 Å². The molecule has 0 bridgehead atoms. The maximum Gasteiger partial charge on any atom is 0.354 e. The lowest BCUT2D eigenvalue weighted by atomic mass is 9.82. The van der Waals surface area contributed by atoms with Gasteiger partial charge in [0.2, 0.25) is 10.0 Å². The second kappa shape index (κ2) is 7.61. The molecule has 0 saturated heterocycles. The molecular weight excluding hydrogens is 356 g/mol. The van der Waals surface area contributed by atoms with Crippen LogP contribution in [0, 0.1) is 5.41 Å². The van der Waals surface area contributed by atoms with Crippen LogP contribution in [0.4, 0.5) is 0 Å². The molecule has 0 aliphatic heterocycles. The van der Waals surface area contributed by atoms with Gasteiger partial charge in [-0.25, -0.2) is 17.9 Å². The van der Waals surface area contributed by atoms with Crippen molar-refractivity contribution in [3.05, 3.63) is 53.9 Å². The van der Waals surface area contributed by atoms with Crippen LogP contribution >= 0.6 is 0 Å². The average Bonchev–Trinajstić information content (AvgIpc) is 3.02. The van der Waals surface area contributed by atoms with Crippen LogP contribution in [0.5, 0.6) is 0 Å². The molecule has 26 heavy (non-hydrogen) atoms. The predicted octanol–water partition coefficient (Wildman–Crippen LogP) is 1.85. The molecule has 1 aromatic carbocycles. The number of carbonyl (C=O) groups is 1. The first-order valence-corrected chi connectivity index (χ1v) is 9.53. The zero-order valence-corrected chi connectivity index (χ0v) is 16.1. The first-order chi connectivity index (χ1) is 12.1. The van der Waals surface area contributed by atoms with E-state index in [1.807, 2.05) is 18.2 Å². The molecule has 8 heteroatoms. The Hall–Kier alpha value is -2.16. The van der Waals surface area contributed by atoms with Gasteiger partial charge in [0.1, 0.15) is 10.6 Å². The van der Waals surface area contributed by atoms with Gasteiger partial charge in [0.25, 0.3) is 0 Å². The van der Waals surface area contributed by atoms with Gasteiger partial charge < -0.3 is 14.4 Å². The quantitative estimate of drug-likeness (QED) is 0.715. The zero-order chi connectivity index (χ0) is 19.5. The van der Waals surface area contributed by atoms with Crippen LogP contribution in [-0.2, 0) is 21.8 Å². The minimum Gasteiger partial charge on any atom is -0.464 e. The summed E-state index contributed by atoms with van der Waals surface area (Å²) in [7, 11) is -1.13. The Morgan fingerprint density at radius 2 is 1.92 bits per heavy atom. The molecule has 1 unspecified atom stereocenters. The van der Waals surface area contributed by atoms with Crippen molar-refractivity contribution in [3.63, 3.8) is 0 Å². The fraction of sp³-hybridized carbons (Fsp3) is 0.389. The summed E-state index contributed by atoms with van der Waals surface area (Å²) < 4.78 is 34.5. The smallest absolute Gasteiger partial charge is 0.354 e. The van der Waals surface area contributed by atoms with Gasteiger partial charge in [0, 0.05) is 18.7 Å². The highest BCUT2D eigenvalue weighted by Gasteiger charge is 2.34. The SMILES string of the molecule is COC(=O)c1cc(S(=O)(=O)NC(c2ccccc2)C(C)(C)CO)cn1C. The van der Waals surface area contributed by atoms with Crippen LogP contribution in [0.25, 0.3) is 0 Å². The zero-order valence-electron chi connectivity index (χ0n) is 15.3. The largest absolute Gasteiger partial charge is 0.464 e. The Labute approximate surface area is 153 Å². The second-order valence-electron chi connectivity index (χ2n) is 6.78. The number of esters is 1. The van der Waals surface area contributed by atoms with Gasteiger partial charge >= 0.3 is 5.97 Å². The Morgan fingerprint density at radius 1 is 1.31 bits per heavy atom. The molecule has 0 amide bonds. The van der Waals surface area contributed by atoms with E-state index < -0.39 is 27.4 Å².